The number of amides is 3. The third-order valence-electron chi connectivity index (χ3n) is 7.42. The molecule has 2 N–H and O–H groups in total. The Balaban J connectivity index is 1.59. The third-order valence-corrected chi connectivity index (χ3v) is 7.42. The molecule has 1 saturated carbocycles. The standard InChI is InChI=1S/C25H36N4O3/c1-3-4-5-15-28(18-11-9-17(26-2)10-12-18)21-8-6-7-19-20(21)16-29(25(19)32)22-13-14-23(30)27-24(22)31/h6-8,17-18,22,26H,3-5,9-16H2,1-2H3,(H,27,30,31). The fourth-order valence-corrected chi connectivity index (χ4v) is 5.55. The van der Waals surface area contributed by atoms with Gasteiger partial charge in [-0.3, -0.25) is 19.7 Å². The molecule has 1 aliphatic carbocycles. The van der Waals surface area contributed by atoms with E-state index >= 15 is 0 Å². The van der Waals surface area contributed by atoms with E-state index in [2.05, 4.69) is 28.5 Å². The van der Waals surface area contributed by atoms with E-state index in [0.29, 0.717) is 30.6 Å². The lowest BCUT2D eigenvalue weighted by Gasteiger charge is -2.39. The number of anilines is 1. The van der Waals surface area contributed by atoms with E-state index in [9.17, 15) is 14.4 Å². The summed E-state index contributed by atoms with van der Waals surface area (Å²) in [7, 11) is 2.04. The van der Waals surface area contributed by atoms with Gasteiger partial charge < -0.3 is 15.1 Å². The van der Waals surface area contributed by atoms with Gasteiger partial charge in [0.1, 0.15) is 6.04 Å². The molecule has 3 amide bonds. The first kappa shape index (κ1) is 22.8. The smallest absolute Gasteiger partial charge is 0.255 e. The van der Waals surface area contributed by atoms with Crippen LogP contribution in [-0.2, 0) is 16.1 Å². The summed E-state index contributed by atoms with van der Waals surface area (Å²) in [6.07, 6.45) is 8.81. The number of rotatable bonds is 8. The summed E-state index contributed by atoms with van der Waals surface area (Å²) in [4.78, 5) is 41.5. The van der Waals surface area contributed by atoms with Crippen molar-refractivity contribution >= 4 is 23.4 Å². The maximum absolute atomic E-state index is 13.3. The van der Waals surface area contributed by atoms with Gasteiger partial charge in [-0.25, -0.2) is 0 Å². The first-order valence-electron chi connectivity index (χ1n) is 12.2. The SMILES string of the molecule is CCCCCN(c1cccc2c1CN(C1CCC(=O)NC1=O)C2=O)C1CCC(NC)CC1. The van der Waals surface area contributed by atoms with Gasteiger partial charge in [0.25, 0.3) is 5.91 Å². The van der Waals surface area contributed by atoms with Crippen LogP contribution in [0.4, 0.5) is 5.69 Å². The van der Waals surface area contributed by atoms with Crippen molar-refractivity contribution in [2.45, 2.75) is 89.4 Å². The van der Waals surface area contributed by atoms with Gasteiger partial charge in [0.15, 0.2) is 0 Å². The largest absolute Gasteiger partial charge is 0.368 e. The summed E-state index contributed by atoms with van der Waals surface area (Å²) in [5, 5.41) is 5.82. The molecule has 0 bridgehead atoms. The minimum Gasteiger partial charge on any atom is -0.368 e. The van der Waals surface area contributed by atoms with Crippen LogP contribution in [0.3, 0.4) is 0 Å². The quantitative estimate of drug-likeness (QED) is 0.480. The zero-order valence-electron chi connectivity index (χ0n) is 19.4. The van der Waals surface area contributed by atoms with Crippen LogP contribution in [0.25, 0.3) is 0 Å². The van der Waals surface area contributed by atoms with E-state index in [1.54, 1.807) is 4.90 Å². The first-order chi connectivity index (χ1) is 15.5. The molecule has 1 saturated heterocycles. The Bertz CT molecular complexity index is 863. The Kier molecular flexibility index (Phi) is 7.13. The molecule has 1 atom stereocenters. The molecule has 0 aromatic heterocycles. The zero-order valence-corrected chi connectivity index (χ0v) is 19.4. The number of fused-ring (bicyclic) bond motifs is 1. The molecule has 4 rings (SSSR count). The van der Waals surface area contributed by atoms with Gasteiger partial charge >= 0.3 is 0 Å². The number of nitrogens with zero attached hydrogens (tertiary/aromatic N) is 2. The van der Waals surface area contributed by atoms with Crippen molar-refractivity contribution in [3.8, 4) is 0 Å². The number of hydrogen-bond acceptors (Lipinski definition) is 5. The molecule has 7 heteroatoms. The van der Waals surface area contributed by atoms with Crippen LogP contribution in [0.15, 0.2) is 18.2 Å². The molecule has 2 aliphatic heterocycles. The van der Waals surface area contributed by atoms with Crippen molar-refractivity contribution < 1.29 is 14.4 Å². The van der Waals surface area contributed by atoms with E-state index in [1.165, 1.54) is 25.7 Å². The van der Waals surface area contributed by atoms with Crippen LogP contribution < -0.4 is 15.5 Å². The second kappa shape index (κ2) is 10.0. The molecular weight excluding hydrogens is 404 g/mol. The lowest BCUT2D eigenvalue weighted by molar-refractivity contribution is -0.136. The average molecular weight is 441 g/mol. The number of imide groups is 1. The zero-order chi connectivity index (χ0) is 22.7. The van der Waals surface area contributed by atoms with Crippen LogP contribution in [0.2, 0.25) is 0 Å². The maximum atomic E-state index is 13.3. The first-order valence-corrected chi connectivity index (χ1v) is 12.2. The lowest BCUT2D eigenvalue weighted by Crippen LogP contribution is -2.52. The maximum Gasteiger partial charge on any atom is 0.255 e. The molecule has 3 aliphatic rings. The fourth-order valence-electron chi connectivity index (χ4n) is 5.55. The molecule has 32 heavy (non-hydrogen) atoms. The third kappa shape index (κ3) is 4.53. The highest BCUT2D eigenvalue weighted by molar-refractivity contribution is 6.06. The average Bonchev–Trinajstić information content (AvgIpc) is 3.14. The number of unbranched alkanes of at least 4 members (excludes halogenated alkanes) is 2. The summed E-state index contributed by atoms with van der Waals surface area (Å²) in [6, 6.07) is 6.51. The summed E-state index contributed by atoms with van der Waals surface area (Å²) in [6.45, 7) is 3.65. The van der Waals surface area contributed by atoms with Crippen molar-refractivity contribution in [2.24, 2.45) is 0 Å². The second-order valence-corrected chi connectivity index (χ2v) is 9.40. The van der Waals surface area contributed by atoms with Gasteiger partial charge in [0.05, 0.1) is 0 Å². The number of nitrogens with one attached hydrogen (secondary N) is 2. The molecule has 2 fully saturated rings. The number of benzene rings is 1. The normalized spacial score (nSPS) is 25.6. The van der Waals surface area contributed by atoms with Crippen molar-refractivity contribution in [3.63, 3.8) is 0 Å². The highest BCUT2D eigenvalue weighted by atomic mass is 16.2. The predicted octanol–water partition coefficient (Wildman–Crippen LogP) is 2.97. The topological polar surface area (TPSA) is 81.8 Å². The van der Waals surface area contributed by atoms with Crippen molar-refractivity contribution in [3.05, 3.63) is 29.3 Å². The van der Waals surface area contributed by atoms with Gasteiger partial charge in [-0.05, 0) is 57.7 Å². The molecule has 1 aromatic carbocycles. The van der Waals surface area contributed by atoms with E-state index in [4.69, 9.17) is 0 Å². The van der Waals surface area contributed by atoms with Crippen molar-refractivity contribution in [1.82, 2.24) is 15.5 Å². The minimum absolute atomic E-state index is 0.0938. The molecule has 1 aromatic rings. The number of hydrogen-bond donors (Lipinski definition) is 2. The van der Waals surface area contributed by atoms with Gasteiger partial charge in [-0.1, -0.05) is 25.8 Å². The monoisotopic (exact) mass is 440 g/mol. The minimum atomic E-state index is -0.569. The number of piperidine rings is 1. The van der Waals surface area contributed by atoms with Gasteiger partial charge in [0.2, 0.25) is 11.8 Å². The van der Waals surface area contributed by atoms with Gasteiger partial charge in [-0.2, -0.15) is 0 Å². The summed E-state index contributed by atoms with van der Waals surface area (Å²) in [5.74, 6) is -0.701. The fraction of sp³-hybridized carbons (Fsp3) is 0.640. The van der Waals surface area contributed by atoms with Crippen LogP contribution in [0.5, 0.6) is 0 Å². The van der Waals surface area contributed by atoms with Crippen LogP contribution >= 0.6 is 0 Å². The van der Waals surface area contributed by atoms with Gasteiger partial charge in [-0.15, -0.1) is 0 Å². The molecular formula is C25H36N4O3. The molecule has 0 radical (unpaired) electrons. The number of carbonyl (C=O) groups is 3. The molecule has 7 nitrogen and oxygen atoms in total. The summed E-state index contributed by atoms with van der Waals surface area (Å²) in [5.41, 5.74) is 2.89. The van der Waals surface area contributed by atoms with E-state index < -0.39 is 6.04 Å². The second-order valence-electron chi connectivity index (χ2n) is 9.40. The Morgan fingerprint density at radius 2 is 1.88 bits per heavy atom. The van der Waals surface area contributed by atoms with Crippen molar-refractivity contribution in [2.75, 3.05) is 18.5 Å². The van der Waals surface area contributed by atoms with E-state index in [-0.39, 0.29) is 24.1 Å². The van der Waals surface area contributed by atoms with E-state index in [0.717, 1.165) is 37.1 Å². The molecule has 1 unspecified atom stereocenters. The Morgan fingerprint density at radius 1 is 1.09 bits per heavy atom. The Morgan fingerprint density at radius 3 is 2.56 bits per heavy atom. The summed E-state index contributed by atoms with van der Waals surface area (Å²) >= 11 is 0. The van der Waals surface area contributed by atoms with Gasteiger partial charge in [0, 0.05) is 48.4 Å². The highest BCUT2D eigenvalue weighted by Gasteiger charge is 2.40. The van der Waals surface area contributed by atoms with Crippen LogP contribution in [0, 0.1) is 0 Å². The Labute approximate surface area is 190 Å². The predicted molar refractivity (Wildman–Crippen MR) is 124 cm³/mol. The van der Waals surface area contributed by atoms with Crippen molar-refractivity contribution in [1.29, 1.82) is 0 Å². The van der Waals surface area contributed by atoms with Crippen LogP contribution in [-0.4, -0.2) is 54.3 Å². The summed E-state index contributed by atoms with van der Waals surface area (Å²) < 4.78 is 0. The molecule has 0 spiro atoms. The lowest BCUT2D eigenvalue weighted by atomic mass is 9.89. The van der Waals surface area contributed by atoms with E-state index in [1.807, 2.05) is 19.2 Å². The Hall–Kier alpha value is -2.41. The molecule has 174 valence electrons. The number of carbonyl (C=O) groups excluding carboxylic acids is 3. The van der Waals surface area contributed by atoms with Crippen LogP contribution in [0.1, 0.15) is 80.6 Å². The molecule has 2 heterocycles. The highest BCUT2D eigenvalue weighted by Crippen LogP contribution is 2.37.